The summed E-state index contributed by atoms with van der Waals surface area (Å²) in [5.74, 6) is 0.0191. The fourth-order valence-corrected chi connectivity index (χ4v) is 4.53. The third-order valence-corrected chi connectivity index (χ3v) is 6.57. The Balaban J connectivity index is 1.75. The van der Waals surface area contributed by atoms with Crippen molar-refractivity contribution in [2.24, 2.45) is 0 Å². The number of nitrogens with zero attached hydrogens (tertiary/aromatic N) is 3. The Bertz CT molecular complexity index is 1060. The second-order valence-corrected chi connectivity index (χ2v) is 8.94. The van der Waals surface area contributed by atoms with E-state index < -0.39 is 10.0 Å². The Hall–Kier alpha value is -2.63. The molecule has 1 saturated carbocycles. The fraction of sp³-hybridized carbons (Fsp3) is 0.350. The van der Waals surface area contributed by atoms with Crippen LogP contribution >= 0.6 is 11.6 Å². The number of amides is 1. The van der Waals surface area contributed by atoms with Crippen molar-refractivity contribution in [3.8, 4) is 6.07 Å². The number of sulfonamides is 1. The second kappa shape index (κ2) is 8.80. The summed E-state index contributed by atoms with van der Waals surface area (Å²) in [6.07, 6.45) is 2.23. The number of rotatable bonds is 8. The van der Waals surface area contributed by atoms with Gasteiger partial charge in [-0.25, -0.2) is 13.4 Å². The van der Waals surface area contributed by atoms with Crippen molar-refractivity contribution < 1.29 is 13.2 Å². The predicted octanol–water partition coefficient (Wildman–Crippen LogP) is 3.29. The Morgan fingerprint density at radius 1 is 1.31 bits per heavy atom. The van der Waals surface area contributed by atoms with Gasteiger partial charge in [-0.05, 0) is 49.6 Å². The maximum Gasteiger partial charge on any atom is 0.263 e. The van der Waals surface area contributed by atoms with E-state index in [2.05, 4.69) is 15.8 Å². The molecule has 1 N–H and O–H groups in total. The smallest absolute Gasteiger partial charge is 0.263 e. The highest BCUT2D eigenvalue weighted by Gasteiger charge is 2.32. The highest BCUT2D eigenvalue weighted by atomic mass is 35.5. The van der Waals surface area contributed by atoms with Crippen LogP contribution in [0.5, 0.6) is 0 Å². The molecule has 0 unspecified atom stereocenters. The van der Waals surface area contributed by atoms with E-state index in [1.807, 2.05) is 0 Å². The Morgan fingerprint density at radius 2 is 2.03 bits per heavy atom. The van der Waals surface area contributed by atoms with E-state index in [4.69, 9.17) is 16.9 Å². The lowest BCUT2D eigenvalue weighted by Gasteiger charge is -2.21. The van der Waals surface area contributed by atoms with Gasteiger partial charge in [0.2, 0.25) is 5.91 Å². The van der Waals surface area contributed by atoms with Crippen LogP contribution in [0.2, 0.25) is 5.02 Å². The van der Waals surface area contributed by atoms with Gasteiger partial charge in [-0.2, -0.15) is 5.26 Å². The summed E-state index contributed by atoms with van der Waals surface area (Å²) >= 11 is 6.03. The lowest BCUT2D eigenvalue weighted by Crippen LogP contribution is -2.35. The molecule has 0 spiro atoms. The van der Waals surface area contributed by atoms with Crippen molar-refractivity contribution in [3.05, 3.63) is 52.7 Å². The van der Waals surface area contributed by atoms with Crippen LogP contribution in [0.15, 0.2) is 41.3 Å². The summed E-state index contributed by atoms with van der Waals surface area (Å²) in [6, 6.07) is 11.8. The molecule has 0 atom stereocenters. The summed E-state index contributed by atoms with van der Waals surface area (Å²) in [7, 11) is -3.87. The standard InChI is InChI=1S/C20H21ClN4O3S/c1-14-17(21)6-3-7-18(14)29(27,28)24-19-8-2-5-15(23-19)13-20(26)25(12-4-11-22)16-9-10-16/h2-3,5-8,16H,4,9-10,12-13H2,1H3,(H,23,24). The van der Waals surface area contributed by atoms with E-state index >= 15 is 0 Å². The molecular formula is C20H21ClN4O3S. The van der Waals surface area contributed by atoms with E-state index in [1.165, 1.54) is 12.1 Å². The van der Waals surface area contributed by atoms with Gasteiger partial charge in [-0.15, -0.1) is 0 Å². The van der Waals surface area contributed by atoms with Gasteiger partial charge in [-0.1, -0.05) is 23.7 Å². The first-order chi connectivity index (χ1) is 13.8. The number of benzene rings is 1. The largest absolute Gasteiger partial charge is 0.338 e. The van der Waals surface area contributed by atoms with E-state index in [-0.39, 0.29) is 35.5 Å². The van der Waals surface area contributed by atoms with E-state index in [1.54, 1.807) is 36.1 Å². The SMILES string of the molecule is Cc1c(Cl)cccc1S(=O)(=O)Nc1cccc(CC(=O)N(CCC#N)C2CC2)n1. The Kier molecular flexibility index (Phi) is 6.40. The number of hydrogen-bond acceptors (Lipinski definition) is 5. The van der Waals surface area contributed by atoms with Crippen molar-refractivity contribution in [1.29, 1.82) is 5.26 Å². The number of hydrogen-bond donors (Lipinski definition) is 1. The zero-order valence-electron chi connectivity index (χ0n) is 15.9. The molecule has 152 valence electrons. The van der Waals surface area contributed by atoms with Crippen molar-refractivity contribution in [1.82, 2.24) is 9.88 Å². The van der Waals surface area contributed by atoms with Gasteiger partial charge < -0.3 is 4.90 Å². The van der Waals surface area contributed by atoms with Crippen LogP contribution < -0.4 is 4.72 Å². The molecule has 0 radical (unpaired) electrons. The van der Waals surface area contributed by atoms with Crippen molar-refractivity contribution >= 4 is 33.3 Å². The zero-order chi connectivity index (χ0) is 21.0. The minimum absolute atomic E-state index is 0.0493. The Morgan fingerprint density at radius 3 is 2.72 bits per heavy atom. The van der Waals surface area contributed by atoms with Crippen molar-refractivity contribution in [2.45, 2.75) is 43.5 Å². The maximum absolute atomic E-state index is 12.7. The molecule has 29 heavy (non-hydrogen) atoms. The lowest BCUT2D eigenvalue weighted by molar-refractivity contribution is -0.131. The van der Waals surface area contributed by atoms with Crippen LogP contribution in [0.3, 0.4) is 0 Å². The highest BCUT2D eigenvalue weighted by Crippen LogP contribution is 2.28. The van der Waals surface area contributed by atoms with Gasteiger partial charge >= 0.3 is 0 Å². The average molecular weight is 433 g/mol. The van der Waals surface area contributed by atoms with Crippen LogP contribution in [0, 0.1) is 18.3 Å². The minimum atomic E-state index is -3.87. The van der Waals surface area contributed by atoms with E-state index in [0.29, 0.717) is 22.8 Å². The quantitative estimate of drug-likeness (QED) is 0.689. The van der Waals surface area contributed by atoms with Gasteiger partial charge in [0.1, 0.15) is 5.82 Å². The molecular weight excluding hydrogens is 412 g/mol. The molecule has 1 aliphatic carbocycles. The molecule has 1 amide bonds. The fourth-order valence-electron chi connectivity index (χ4n) is 3.03. The van der Waals surface area contributed by atoms with Crippen LogP contribution in [-0.2, 0) is 21.2 Å². The van der Waals surface area contributed by atoms with Crippen LogP contribution in [0.25, 0.3) is 0 Å². The van der Waals surface area contributed by atoms with Crippen LogP contribution in [-0.4, -0.2) is 36.8 Å². The summed E-state index contributed by atoms with van der Waals surface area (Å²) in [4.78, 5) is 18.7. The molecule has 0 bridgehead atoms. The number of anilines is 1. The number of nitrogens with one attached hydrogen (secondary N) is 1. The van der Waals surface area contributed by atoms with Gasteiger partial charge in [0.05, 0.1) is 29.5 Å². The monoisotopic (exact) mass is 432 g/mol. The molecule has 1 aromatic carbocycles. The minimum Gasteiger partial charge on any atom is -0.338 e. The number of aromatic nitrogens is 1. The highest BCUT2D eigenvalue weighted by molar-refractivity contribution is 7.92. The third kappa shape index (κ3) is 5.25. The van der Waals surface area contributed by atoms with Crippen LogP contribution in [0.4, 0.5) is 5.82 Å². The normalized spacial score (nSPS) is 13.6. The summed E-state index contributed by atoms with van der Waals surface area (Å²) in [5, 5.41) is 9.15. The molecule has 7 nitrogen and oxygen atoms in total. The molecule has 1 heterocycles. The number of carbonyl (C=O) groups is 1. The van der Waals surface area contributed by atoms with Gasteiger partial charge in [-0.3, -0.25) is 9.52 Å². The first-order valence-electron chi connectivity index (χ1n) is 9.22. The molecule has 1 aromatic heterocycles. The van der Waals surface area contributed by atoms with Gasteiger partial charge in [0.15, 0.2) is 0 Å². The number of carbonyl (C=O) groups excluding carboxylic acids is 1. The number of pyridine rings is 1. The summed E-state index contributed by atoms with van der Waals surface area (Å²) in [5.41, 5.74) is 0.909. The van der Waals surface area contributed by atoms with Gasteiger partial charge in [0.25, 0.3) is 10.0 Å². The molecule has 2 aromatic rings. The summed E-state index contributed by atoms with van der Waals surface area (Å²) < 4.78 is 27.9. The molecule has 0 saturated heterocycles. The predicted molar refractivity (Wildman–Crippen MR) is 110 cm³/mol. The molecule has 9 heteroatoms. The van der Waals surface area contributed by atoms with Crippen molar-refractivity contribution in [3.63, 3.8) is 0 Å². The first-order valence-corrected chi connectivity index (χ1v) is 11.1. The maximum atomic E-state index is 12.7. The first kappa shape index (κ1) is 21.1. The molecule has 1 aliphatic rings. The van der Waals surface area contributed by atoms with E-state index in [9.17, 15) is 13.2 Å². The third-order valence-electron chi connectivity index (χ3n) is 4.66. The summed E-state index contributed by atoms with van der Waals surface area (Å²) in [6.45, 7) is 2.04. The van der Waals surface area contributed by atoms with Crippen LogP contribution in [0.1, 0.15) is 30.5 Å². The topological polar surface area (TPSA) is 103 Å². The molecule has 3 rings (SSSR count). The number of halogens is 1. The van der Waals surface area contributed by atoms with E-state index in [0.717, 1.165) is 12.8 Å². The molecule has 1 fully saturated rings. The lowest BCUT2D eigenvalue weighted by atomic mass is 10.2. The zero-order valence-corrected chi connectivity index (χ0v) is 17.5. The van der Waals surface area contributed by atoms with Crippen molar-refractivity contribution in [2.75, 3.05) is 11.3 Å². The molecule has 0 aliphatic heterocycles. The number of nitriles is 1. The second-order valence-electron chi connectivity index (χ2n) is 6.89. The average Bonchev–Trinajstić information content (AvgIpc) is 3.49. The Labute approximate surface area is 175 Å². The van der Waals surface area contributed by atoms with Gasteiger partial charge in [0, 0.05) is 17.6 Å².